The minimum absolute atomic E-state index is 0.129. The average molecular weight is 458 g/mol. The predicted molar refractivity (Wildman–Crippen MR) is 131 cm³/mol. The monoisotopic (exact) mass is 457 g/mol. The molecule has 0 aliphatic carbocycles. The van der Waals surface area contributed by atoms with Gasteiger partial charge in [-0.15, -0.1) is 0 Å². The van der Waals surface area contributed by atoms with Gasteiger partial charge in [-0.3, -0.25) is 14.4 Å². The summed E-state index contributed by atoms with van der Waals surface area (Å²) in [4.78, 5) is 41.8. The average Bonchev–Trinajstić information content (AvgIpc) is 3.48. The number of H-pyrrole nitrogens is 1. The second kappa shape index (κ2) is 10.2. The molecule has 0 radical (unpaired) electrons. The van der Waals surface area contributed by atoms with E-state index in [-0.39, 0.29) is 24.3 Å². The highest BCUT2D eigenvalue weighted by Crippen LogP contribution is 2.25. The summed E-state index contributed by atoms with van der Waals surface area (Å²) >= 11 is 0. The molecule has 1 fully saturated rings. The van der Waals surface area contributed by atoms with E-state index in [0.29, 0.717) is 24.3 Å². The number of benzene rings is 2. The van der Waals surface area contributed by atoms with Crippen LogP contribution in [0.5, 0.6) is 0 Å². The summed E-state index contributed by atoms with van der Waals surface area (Å²) in [6.07, 6.45) is 1.35. The van der Waals surface area contributed by atoms with Gasteiger partial charge in [0.2, 0.25) is 17.7 Å². The third kappa shape index (κ3) is 5.27. The summed E-state index contributed by atoms with van der Waals surface area (Å²) in [6, 6.07) is 15.3. The summed E-state index contributed by atoms with van der Waals surface area (Å²) in [5, 5.41) is 6.46. The van der Waals surface area contributed by atoms with Gasteiger partial charge in [-0.05, 0) is 48.6 Å². The van der Waals surface area contributed by atoms with Gasteiger partial charge < -0.3 is 26.3 Å². The number of likely N-dealkylation sites (tertiary alicyclic amines) is 1. The lowest BCUT2D eigenvalue weighted by molar-refractivity contribution is -0.137. The fourth-order valence-electron chi connectivity index (χ4n) is 4.10. The smallest absolute Gasteiger partial charge is 0.247 e. The van der Waals surface area contributed by atoms with Crippen LogP contribution in [0.25, 0.3) is 10.9 Å². The number of aromatic nitrogens is 1. The van der Waals surface area contributed by atoms with Gasteiger partial charge in [0.05, 0.1) is 12.2 Å². The molecule has 2 atom stereocenters. The van der Waals surface area contributed by atoms with E-state index < -0.39 is 12.1 Å². The molecule has 0 unspecified atom stereocenters. The van der Waals surface area contributed by atoms with Crippen molar-refractivity contribution < 1.29 is 14.4 Å². The third-order valence-electron chi connectivity index (χ3n) is 5.80. The molecule has 1 aromatic heterocycles. The normalized spacial score (nSPS) is 15.9. The van der Waals surface area contributed by atoms with Gasteiger partial charge in [0.1, 0.15) is 12.1 Å². The Bertz CT molecular complexity index is 1270. The molecule has 8 nitrogen and oxygen atoms in total. The maximum Gasteiger partial charge on any atom is 0.247 e. The molecule has 34 heavy (non-hydrogen) atoms. The van der Waals surface area contributed by atoms with Crippen molar-refractivity contribution in [2.75, 3.05) is 18.4 Å². The summed E-state index contributed by atoms with van der Waals surface area (Å²) in [7, 11) is 0. The van der Waals surface area contributed by atoms with Crippen molar-refractivity contribution in [1.82, 2.24) is 15.2 Å². The number of hydrogen-bond acceptors (Lipinski definition) is 4. The number of nitrogens with one attached hydrogen (secondary N) is 3. The van der Waals surface area contributed by atoms with Gasteiger partial charge in [0, 0.05) is 30.1 Å². The van der Waals surface area contributed by atoms with Gasteiger partial charge in [0.25, 0.3) is 0 Å². The van der Waals surface area contributed by atoms with Crippen molar-refractivity contribution >= 4 is 34.3 Å². The van der Waals surface area contributed by atoms with Crippen LogP contribution >= 0.6 is 0 Å². The highest BCUT2D eigenvalue weighted by atomic mass is 16.2. The Labute approximate surface area is 197 Å². The summed E-state index contributed by atoms with van der Waals surface area (Å²) < 4.78 is 0. The molecule has 3 aromatic rings. The standard InChI is InChI=1S/C26H27N5O3/c1-17(32)28-13-5-9-20-15-19-16-21(11-12-22(19)29-20)30-25(33)23-10-6-14-31(23)26(34)24(27)18-7-3-2-4-8-18/h2-4,7-8,11-12,15-16,23-24,29H,6,10,13-14,27H2,1H3,(H,28,32)(H,30,33)/t23-,24+/m0/s1. The first-order chi connectivity index (χ1) is 16.4. The molecular weight excluding hydrogens is 430 g/mol. The van der Waals surface area contributed by atoms with Crippen molar-refractivity contribution in [1.29, 1.82) is 0 Å². The van der Waals surface area contributed by atoms with Crippen molar-refractivity contribution in [3.8, 4) is 11.8 Å². The Kier molecular flexibility index (Phi) is 6.95. The molecule has 174 valence electrons. The summed E-state index contributed by atoms with van der Waals surface area (Å²) in [6.45, 7) is 2.23. The Morgan fingerprint density at radius 1 is 1.18 bits per heavy atom. The fourth-order valence-corrected chi connectivity index (χ4v) is 4.10. The van der Waals surface area contributed by atoms with E-state index in [4.69, 9.17) is 5.73 Å². The molecule has 0 spiro atoms. The fraction of sp³-hybridized carbons (Fsp3) is 0.269. The first-order valence-corrected chi connectivity index (χ1v) is 11.2. The third-order valence-corrected chi connectivity index (χ3v) is 5.80. The van der Waals surface area contributed by atoms with E-state index >= 15 is 0 Å². The van der Waals surface area contributed by atoms with E-state index in [1.165, 1.54) is 6.92 Å². The van der Waals surface area contributed by atoms with Crippen molar-refractivity contribution in [3.63, 3.8) is 0 Å². The molecule has 0 saturated carbocycles. The predicted octanol–water partition coefficient (Wildman–Crippen LogP) is 2.29. The van der Waals surface area contributed by atoms with Gasteiger partial charge in [-0.1, -0.05) is 36.3 Å². The molecule has 8 heteroatoms. The molecule has 5 N–H and O–H groups in total. The van der Waals surface area contributed by atoms with E-state index in [0.717, 1.165) is 22.9 Å². The molecule has 1 aliphatic rings. The molecule has 1 aliphatic heterocycles. The zero-order valence-electron chi connectivity index (χ0n) is 18.9. The van der Waals surface area contributed by atoms with Crippen molar-refractivity contribution in [2.45, 2.75) is 31.8 Å². The van der Waals surface area contributed by atoms with E-state index in [9.17, 15) is 14.4 Å². The lowest BCUT2D eigenvalue weighted by Gasteiger charge is -2.27. The Morgan fingerprint density at radius 3 is 2.74 bits per heavy atom. The molecule has 1 saturated heterocycles. The Hall–Kier alpha value is -4.09. The van der Waals surface area contributed by atoms with E-state index in [1.54, 1.807) is 4.90 Å². The first-order valence-electron chi connectivity index (χ1n) is 11.2. The summed E-state index contributed by atoms with van der Waals surface area (Å²) in [5.74, 6) is 5.26. The van der Waals surface area contributed by atoms with Crippen LogP contribution in [0.15, 0.2) is 54.6 Å². The first kappa shape index (κ1) is 23.1. The van der Waals surface area contributed by atoms with Gasteiger partial charge in [0.15, 0.2) is 0 Å². The molecule has 2 aromatic carbocycles. The van der Waals surface area contributed by atoms with Crippen molar-refractivity contribution in [3.05, 3.63) is 65.9 Å². The van der Waals surface area contributed by atoms with Crippen LogP contribution in [0.4, 0.5) is 5.69 Å². The number of anilines is 1. The van der Waals surface area contributed by atoms with Gasteiger partial charge >= 0.3 is 0 Å². The maximum absolute atomic E-state index is 13.0. The van der Waals surface area contributed by atoms with Crippen LogP contribution in [-0.2, 0) is 14.4 Å². The minimum Gasteiger partial charge on any atom is -0.348 e. The number of aromatic amines is 1. The van der Waals surface area contributed by atoms with Crippen molar-refractivity contribution in [2.24, 2.45) is 5.73 Å². The van der Waals surface area contributed by atoms with E-state index in [2.05, 4.69) is 27.5 Å². The Balaban J connectivity index is 1.43. The van der Waals surface area contributed by atoms with Gasteiger partial charge in [-0.2, -0.15) is 0 Å². The van der Waals surface area contributed by atoms with Crippen LogP contribution in [0.1, 0.15) is 37.1 Å². The van der Waals surface area contributed by atoms with Crippen LogP contribution in [0, 0.1) is 11.8 Å². The molecular formula is C26H27N5O3. The van der Waals surface area contributed by atoms with Crippen LogP contribution in [0.3, 0.4) is 0 Å². The largest absolute Gasteiger partial charge is 0.348 e. The Morgan fingerprint density at radius 2 is 1.97 bits per heavy atom. The van der Waals surface area contributed by atoms with Crippen LogP contribution < -0.4 is 16.4 Å². The quantitative estimate of drug-likeness (QED) is 0.439. The highest BCUT2D eigenvalue weighted by Gasteiger charge is 2.36. The van der Waals surface area contributed by atoms with E-state index in [1.807, 2.05) is 54.6 Å². The lowest BCUT2D eigenvalue weighted by Crippen LogP contribution is -2.46. The number of fused-ring (bicyclic) bond motifs is 1. The second-order valence-corrected chi connectivity index (χ2v) is 8.26. The minimum atomic E-state index is -0.795. The number of hydrogen-bond donors (Lipinski definition) is 4. The number of carbonyl (C=O) groups is 3. The topological polar surface area (TPSA) is 120 Å². The maximum atomic E-state index is 13.0. The number of amides is 3. The number of nitrogens with zero attached hydrogens (tertiary/aromatic N) is 1. The number of rotatable bonds is 5. The highest BCUT2D eigenvalue weighted by molar-refractivity contribution is 5.99. The zero-order chi connectivity index (χ0) is 24.1. The molecule has 2 heterocycles. The SMILES string of the molecule is CC(=O)NCC#Cc1cc2cc(NC(=O)[C@@H]3CCCN3C(=O)[C@H](N)c3ccccc3)ccc2[nH]1. The lowest BCUT2D eigenvalue weighted by atomic mass is 10.1. The molecule has 4 rings (SSSR count). The van der Waals surface area contributed by atoms with Gasteiger partial charge in [-0.25, -0.2) is 0 Å². The van der Waals surface area contributed by atoms with Crippen LogP contribution in [0.2, 0.25) is 0 Å². The zero-order valence-corrected chi connectivity index (χ0v) is 18.9. The molecule has 0 bridgehead atoms. The summed E-state index contributed by atoms with van der Waals surface area (Å²) in [5.41, 5.74) is 9.16. The second-order valence-electron chi connectivity index (χ2n) is 8.26. The van der Waals surface area contributed by atoms with Crippen LogP contribution in [-0.4, -0.2) is 46.7 Å². The number of nitrogens with two attached hydrogens (primary N) is 1. The number of carbonyl (C=O) groups excluding carboxylic acids is 3. The molecule has 3 amide bonds.